The molecule has 0 radical (unpaired) electrons. The second-order valence-corrected chi connectivity index (χ2v) is 3.46. The molecule has 0 saturated heterocycles. The summed E-state index contributed by atoms with van der Waals surface area (Å²) in [6.45, 7) is 3.72. The Kier molecular flexibility index (Phi) is 2.42. The van der Waals surface area contributed by atoms with Gasteiger partial charge in [0, 0.05) is 0 Å². The van der Waals surface area contributed by atoms with Crippen molar-refractivity contribution >= 4 is 11.1 Å². The summed E-state index contributed by atoms with van der Waals surface area (Å²) in [4.78, 5) is 0.505. The molecular weight excluding hydrogens is 160 g/mol. The van der Waals surface area contributed by atoms with Crippen LogP contribution in [0.4, 0.5) is 0 Å². The Morgan fingerprint density at radius 2 is 2.00 bits per heavy atom. The molecule has 11 heavy (non-hydrogen) atoms. The van der Waals surface area contributed by atoms with Crippen molar-refractivity contribution in [3.8, 4) is 0 Å². The van der Waals surface area contributed by atoms with E-state index < -0.39 is 11.1 Å². The lowest BCUT2D eigenvalue weighted by Gasteiger charge is -2.00. The molecule has 0 amide bonds. The first kappa shape index (κ1) is 8.43. The van der Waals surface area contributed by atoms with Gasteiger partial charge in [0.1, 0.15) is 0 Å². The molecular formula is C8H10O2S. The molecule has 1 N–H and O–H groups in total. The fourth-order valence-corrected chi connectivity index (χ4v) is 1.53. The van der Waals surface area contributed by atoms with Gasteiger partial charge in [0.05, 0.1) is 4.90 Å². The van der Waals surface area contributed by atoms with Crippen LogP contribution >= 0.6 is 0 Å². The standard InChI is InChI=1S/C8H10O2S/c1-6-3-4-7(2)8(5-6)11(9)10/h3-5H,1-2H3,(H,9,10). The summed E-state index contributed by atoms with van der Waals surface area (Å²) in [6, 6.07) is 5.50. The Labute approximate surface area is 68.5 Å². The largest absolute Gasteiger partial charge is 0.302 e. The highest BCUT2D eigenvalue weighted by Crippen LogP contribution is 2.13. The van der Waals surface area contributed by atoms with E-state index in [0.717, 1.165) is 11.1 Å². The maximum atomic E-state index is 10.7. The maximum absolute atomic E-state index is 10.7. The molecule has 1 unspecified atom stereocenters. The average molecular weight is 170 g/mol. The van der Waals surface area contributed by atoms with Gasteiger partial charge in [0.25, 0.3) is 0 Å². The second kappa shape index (κ2) is 3.15. The number of hydrogen-bond donors (Lipinski definition) is 1. The molecule has 0 aromatic heterocycles. The van der Waals surface area contributed by atoms with E-state index in [9.17, 15) is 4.21 Å². The molecule has 1 aromatic carbocycles. The lowest BCUT2D eigenvalue weighted by molar-refractivity contribution is 0.563. The van der Waals surface area contributed by atoms with Gasteiger partial charge in [-0.3, -0.25) is 0 Å². The zero-order valence-corrected chi connectivity index (χ0v) is 7.31. The summed E-state index contributed by atoms with van der Waals surface area (Å²) < 4.78 is 19.5. The smallest absolute Gasteiger partial charge is 0.186 e. The van der Waals surface area contributed by atoms with Gasteiger partial charge in [-0.2, -0.15) is 0 Å². The lowest BCUT2D eigenvalue weighted by Crippen LogP contribution is -1.92. The Balaban J connectivity index is 3.23. The summed E-state index contributed by atoms with van der Waals surface area (Å²) in [5.74, 6) is 0. The first-order chi connectivity index (χ1) is 5.11. The van der Waals surface area contributed by atoms with E-state index in [1.165, 1.54) is 0 Å². The summed E-state index contributed by atoms with van der Waals surface area (Å²) in [7, 11) is 0. The second-order valence-electron chi connectivity index (χ2n) is 2.52. The number of aryl methyl sites for hydroxylation is 2. The van der Waals surface area contributed by atoms with Gasteiger partial charge in [-0.1, -0.05) is 12.1 Å². The molecule has 0 aliphatic rings. The topological polar surface area (TPSA) is 37.3 Å². The van der Waals surface area contributed by atoms with Crippen LogP contribution in [0.15, 0.2) is 23.1 Å². The van der Waals surface area contributed by atoms with E-state index in [2.05, 4.69) is 0 Å². The van der Waals surface area contributed by atoms with Gasteiger partial charge < -0.3 is 4.55 Å². The minimum absolute atomic E-state index is 0.505. The van der Waals surface area contributed by atoms with Crippen LogP contribution in [0.3, 0.4) is 0 Å². The van der Waals surface area contributed by atoms with Gasteiger partial charge in [-0.05, 0) is 31.0 Å². The van der Waals surface area contributed by atoms with Crippen LogP contribution in [0.1, 0.15) is 11.1 Å². The predicted octanol–water partition coefficient (Wildman–Crippen LogP) is 1.88. The first-order valence-corrected chi connectivity index (χ1v) is 4.40. The molecule has 3 heteroatoms. The molecule has 0 saturated carbocycles. The Bertz CT molecular complexity index is 294. The van der Waals surface area contributed by atoms with Crippen LogP contribution < -0.4 is 0 Å². The first-order valence-electron chi connectivity index (χ1n) is 3.29. The van der Waals surface area contributed by atoms with Gasteiger partial charge in [0.2, 0.25) is 0 Å². The number of benzene rings is 1. The predicted molar refractivity (Wildman–Crippen MR) is 45.0 cm³/mol. The number of hydrogen-bond acceptors (Lipinski definition) is 1. The van der Waals surface area contributed by atoms with Crippen molar-refractivity contribution in [2.75, 3.05) is 0 Å². The molecule has 0 bridgehead atoms. The molecule has 2 nitrogen and oxygen atoms in total. The molecule has 1 atom stereocenters. The maximum Gasteiger partial charge on any atom is 0.186 e. The van der Waals surface area contributed by atoms with Crippen LogP contribution in [0, 0.1) is 13.8 Å². The van der Waals surface area contributed by atoms with Crippen LogP contribution in [-0.2, 0) is 11.1 Å². The zero-order chi connectivity index (χ0) is 8.43. The molecule has 1 aromatic rings. The minimum atomic E-state index is -1.85. The van der Waals surface area contributed by atoms with Crippen molar-refractivity contribution in [3.63, 3.8) is 0 Å². The van der Waals surface area contributed by atoms with Crippen molar-refractivity contribution in [3.05, 3.63) is 29.3 Å². The summed E-state index contributed by atoms with van der Waals surface area (Å²) >= 11 is -1.85. The fourth-order valence-electron chi connectivity index (χ4n) is 0.895. The van der Waals surface area contributed by atoms with E-state index in [-0.39, 0.29) is 0 Å². The zero-order valence-electron chi connectivity index (χ0n) is 6.50. The molecule has 0 spiro atoms. The average Bonchev–Trinajstić information content (AvgIpc) is 1.94. The summed E-state index contributed by atoms with van der Waals surface area (Å²) in [5, 5.41) is 0. The third-order valence-corrected chi connectivity index (χ3v) is 2.35. The molecule has 0 aliphatic carbocycles. The van der Waals surface area contributed by atoms with Gasteiger partial charge >= 0.3 is 0 Å². The Morgan fingerprint density at radius 3 is 2.45 bits per heavy atom. The third-order valence-electron chi connectivity index (χ3n) is 1.53. The normalized spacial score (nSPS) is 13.0. The van der Waals surface area contributed by atoms with Crippen LogP contribution in [0.5, 0.6) is 0 Å². The van der Waals surface area contributed by atoms with Crippen molar-refractivity contribution in [2.24, 2.45) is 0 Å². The molecule has 60 valence electrons. The van der Waals surface area contributed by atoms with Crippen molar-refractivity contribution < 1.29 is 8.76 Å². The highest BCUT2D eigenvalue weighted by atomic mass is 32.2. The van der Waals surface area contributed by atoms with Gasteiger partial charge in [0.15, 0.2) is 11.1 Å². The molecule has 0 fully saturated rings. The molecule has 0 aliphatic heterocycles. The minimum Gasteiger partial charge on any atom is -0.302 e. The summed E-state index contributed by atoms with van der Waals surface area (Å²) in [6.07, 6.45) is 0. The van der Waals surface area contributed by atoms with Gasteiger partial charge in [-0.15, -0.1) is 0 Å². The van der Waals surface area contributed by atoms with E-state index >= 15 is 0 Å². The Hall–Kier alpha value is -0.670. The van der Waals surface area contributed by atoms with Crippen LogP contribution in [0.25, 0.3) is 0 Å². The van der Waals surface area contributed by atoms with Gasteiger partial charge in [-0.25, -0.2) is 4.21 Å². The van der Waals surface area contributed by atoms with Crippen LogP contribution in [0.2, 0.25) is 0 Å². The van der Waals surface area contributed by atoms with E-state index in [1.54, 1.807) is 6.07 Å². The number of rotatable bonds is 1. The van der Waals surface area contributed by atoms with E-state index in [1.807, 2.05) is 26.0 Å². The summed E-state index contributed by atoms with van der Waals surface area (Å²) in [5.41, 5.74) is 1.87. The molecule has 1 rings (SSSR count). The van der Waals surface area contributed by atoms with Crippen molar-refractivity contribution in [1.82, 2.24) is 0 Å². The fraction of sp³-hybridized carbons (Fsp3) is 0.250. The highest BCUT2D eigenvalue weighted by molar-refractivity contribution is 7.79. The van der Waals surface area contributed by atoms with E-state index in [0.29, 0.717) is 4.90 Å². The van der Waals surface area contributed by atoms with Crippen molar-refractivity contribution in [1.29, 1.82) is 0 Å². The van der Waals surface area contributed by atoms with Crippen LogP contribution in [-0.4, -0.2) is 8.76 Å². The highest BCUT2D eigenvalue weighted by Gasteiger charge is 2.02. The SMILES string of the molecule is Cc1ccc(C)c(S(=O)O)c1. The Morgan fingerprint density at radius 1 is 1.36 bits per heavy atom. The van der Waals surface area contributed by atoms with E-state index in [4.69, 9.17) is 4.55 Å². The monoisotopic (exact) mass is 170 g/mol. The third kappa shape index (κ3) is 1.88. The molecule has 0 heterocycles. The quantitative estimate of drug-likeness (QED) is 0.653. The lowest BCUT2D eigenvalue weighted by atomic mass is 10.2. The van der Waals surface area contributed by atoms with Crippen molar-refractivity contribution in [2.45, 2.75) is 18.7 Å².